The van der Waals surface area contributed by atoms with Crippen molar-refractivity contribution in [2.45, 2.75) is 6.04 Å². The number of carboxylic acids is 1. The number of nitrogens with two attached hydrogens (primary N) is 1. The van der Waals surface area contributed by atoms with Crippen LogP contribution in [0.5, 0.6) is 0 Å². The molecule has 9 nitrogen and oxygen atoms in total. The van der Waals surface area contributed by atoms with Crippen molar-refractivity contribution in [3.05, 3.63) is 27.0 Å². The van der Waals surface area contributed by atoms with E-state index in [0.29, 0.717) is 11.0 Å². The van der Waals surface area contributed by atoms with E-state index in [4.69, 9.17) is 10.8 Å². The predicted molar refractivity (Wildman–Crippen MR) is 66.8 cm³/mol. The lowest BCUT2D eigenvalue weighted by Gasteiger charge is -1.96. The summed E-state index contributed by atoms with van der Waals surface area (Å²) in [6.45, 7) is 0. The third-order valence-corrected chi connectivity index (χ3v) is 2.26. The van der Waals surface area contributed by atoms with Gasteiger partial charge in [-0.2, -0.15) is 17.7 Å². The SMILES string of the molecule is NC(CS)C(=O)O.O=c1[nH]c(=O)c2cn[nH]c2[nH]1. The zero-order valence-electron chi connectivity index (χ0n) is 9.01. The van der Waals surface area contributed by atoms with Crippen LogP contribution in [0, 0.1) is 0 Å². The van der Waals surface area contributed by atoms with Gasteiger partial charge in [0.1, 0.15) is 17.1 Å². The standard InChI is InChI=1S/C5H4N4O2.C3H7NO2S/c10-4-2-1-6-9-3(2)7-5(11)8-4;4-2(1-7)3(5)6/h1H,(H3,6,7,8,9,10,11);2,7H,1,4H2,(H,5,6). The molecule has 0 aliphatic rings. The van der Waals surface area contributed by atoms with Crippen LogP contribution in [0.3, 0.4) is 0 Å². The molecule has 2 rings (SSSR count). The van der Waals surface area contributed by atoms with Crippen LogP contribution in [0.2, 0.25) is 0 Å². The maximum absolute atomic E-state index is 10.9. The summed E-state index contributed by atoms with van der Waals surface area (Å²) < 4.78 is 0. The molecular weight excluding hydrogens is 262 g/mol. The molecule has 2 aromatic heterocycles. The summed E-state index contributed by atoms with van der Waals surface area (Å²) in [7, 11) is 0. The molecule has 6 N–H and O–H groups in total. The molecule has 2 heterocycles. The summed E-state index contributed by atoms with van der Waals surface area (Å²) in [5.74, 6) is -0.815. The quantitative estimate of drug-likeness (QED) is 0.357. The van der Waals surface area contributed by atoms with E-state index in [2.05, 4.69) is 32.8 Å². The number of carboxylic acid groups (broad SMARTS) is 1. The molecule has 1 atom stereocenters. The molecule has 0 radical (unpaired) electrons. The first-order valence-electron chi connectivity index (χ1n) is 4.70. The Kier molecular flexibility index (Phi) is 4.68. The van der Waals surface area contributed by atoms with Crippen molar-refractivity contribution >= 4 is 29.6 Å². The molecule has 10 heteroatoms. The van der Waals surface area contributed by atoms with Crippen LogP contribution in [0.4, 0.5) is 0 Å². The fourth-order valence-corrected chi connectivity index (χ4v) is 1.10. The molecule has 0 spiro atoms. The molecule has 2 aromatic rings. The van der Waals surface area contributed by atoms with Crippen LogP contribution < -0.4 is 17.0 Å². The Balaban J connectivity index is 0.000000203. The Morgan fingerprint density at radius 1 is 1.50 bits per heavy atom. The van der Waals surface area contributed by atoms with Gasteiger partial charge in [-0.25, -0.2) is 4.79 Å². The highest BCUT2D eigenvalue weighted by molar-refractivity contribution is 7.80. The highest BCUT2D eigenvalue weighted by Gasteiger charge is 2.06. The Hall–Kier alpha value is -2.07. The second kappa shape index (κ2) is 6.02. The van der Waals surface area contributed by atoms with Gasteiger partial charge in [0, 0.05) is 5.75 Å². The Morgan fingerprint density at radius 2 is 2.17 bits per heavy atom. The lowest BCUT2D eigenvalue weighted by atomic mass is 10.4. The van der Waals surface area contributed by atoms with E-state index in [1.807, 2.05) is 0 Å². The summed E-state index contributed by atoms with van der Waals surface area (Å²) in [5, 5.41) is 14.4. The number of aromatic amines is 3. The number of aliphatic carboxylic acids is 1. The van der Waals surface area contributed by atoms with Crippen LogP contribution >= 0.6 is 12.6 Å². The van der Waals surface area contributed by atoms with E-state index in [0.717, 1.165) is 0 Å². The average Bonchev–Trinajstić information content (AvgIpc) is 2.76. The molecule has 0 aliphatic heterocycles. The number of thiol groups is 1. The minimum Gasteiger partial charge on any atom is -0.480 e. The molecule has 98 valence electrons. The summed E-state index contributed by atoms with van der Waals surface area (Å²) >= 11 is 3.65. The molecule has 18 heavy (non-hydrogen) atoms. The van der Waals surface area contributed by atoms with Gasteiger partial charge in [0.25, 0.3) is 5.56 Å². The Labute approximate surface area is 105 Å². The molecule has 0 fully saturated rings. The van der Waals surface area contributed by atoms with Gasteiger partial charge >= 0.3 is 11.7 Å². The first-order chi connectivity index (χ1) is 8.45. The van der Waals surface area contributed by atoms with Gasteiger partial charge in [0.2, 0.25) is 0 Å². The van der Waals surface area contributed by atoms with Crippen molar-refractivity contribution in [2.24, 2.45) is 5.73 Å². The summed E-state index contributed by atoms with van der Waals surface area (Å²) in [6, 6.07) is -0.816. The number of nitrogens with one attached hydrogen (secondary N) is 3. The zero-order chi connectivity index (χ0) is 13.7. The molecule has 0 bridgehead atoms. The maximum Gasteiger partial charge on any atom is 0.327 e. The minimum atomic E-state index is -1.00. The Morgan fingerprint density at radius 3 is 2.67 bits per heavy atom. The number of aromatic nitrogens is 4. The van der Waals surface area contributed by atoms with E-state index in [9.17, 15) is 14.4 Å². The van der Waals surface area contributed by atoms with Gasteiger partial charge in [-0.3, -0.25) is 24.7 Å². The lowest BCUT2D eigenvalue weighted by molar-refractivity contribution is -0.137. The Bertz CT molecular complexity index is 644. The smallest absolute Gasteiger partial charge is 0.327 e. The van der Waals surface area contributed by atoms with Crippen molar-refractivity contribution < 1.29 is 9.90 Å². The van der Waals surface area contributed by atoms with E-state index in [1.54, 1.807) is 0 Å². The summed E-state index contributed by atoms with van der Waals surface area (Å²) in [5.41, 5.74) is 4.32. The lowest BCUT2D eigenvalue weighted by Crippen LogP contribution is -2.31. The van der Waals surface area contributed by atoms with Crippen LogP contribution in [0.25, 0.3) is 11.0 Å². The van der Waals surface area contributed by atoms with Crippen LogP contribution in [-0.4, -0.2) is 43.0 Å². The molecule has 0 saturated heterocycles. The van der Waals surface area contributed by atoms with Crippen molar-refractivity contribution in [3.63, 3.8) is 0 Å². The fourth-order valence-electron chi connectivity index (χ4n) is 0.947. The number of fused-ring (bicyclic) bond motifs is 1. The van der Waals surface area contributed by atoms with E-state index < -0.39 is 23.3 Å². The number of hydrogen-bond donors (Lipinski definition) is 6. The highest BCUT2D eigenvalue weighted by Crippen LogP contribution is 1.94. The van der Waals surface area contributed by atoms with Gasteiger partial charge in [-0.1, -0.05) is 0 Å². The van der Waals surface area contributed by atoms with Gasteiger partial charge in [0.05, 0.1) is 6.20 Å². The number of carbonyl (C=O) groups is 1. The van der Waals surface area contributed by atoms with Crippen LogP contribution in [0.1, 0.15) is 0 Å². The van der Waals surface area contributed by atoms with E-state index >= 15 is 0 Å². The van der Waals surface area contributed by atoms with Crippen molar-refractivity contribution in [1.82, 2.24) is 20.2 Å². The molecule has 1 unspecified atom stereocenters. The fraction of sp³-hybridized carbons (Fsp3) is 0.250. The van der Waals surface area contributed by atoms with Gasteiger partial charge < -0.3 is 10.8 Å². The highest BCUT2D eigenvalue weighted by atomic mass is 32.1. The largest absolute Gasteiger partial charge is 0.480 e. The third kappa shape index (κ3) is 3.46. The molecule has 0 aromatic carbocycles. The second-order valence-electron chi connectivity index (χ2n) is 3.19. The maximum atomic E-state index is 10.9. The predicted octanol–water partition coefficient (Wildman–Crippen LogP) is -1.73. The zero-order valence-corrected chi connectivity index (χ0v) is 9.90. The average molecular weight is 273 g/mol. The van der Waals surface area contributed by atoms with Gasteiger partial charge in [-0.15, -0.1) is 0 Å². The van der Waals surface area contributed by atoms with Gasteiger partial charge in [0.15, 0.2) is 0 Å². The molecular formula is C8H11N5O4S. The number of hydrogen-bond acceptors (Lipinski definition) is 6. The summed E-state index contributed by atoms with van der Waals surface area (Å²) in [4.78, 5) is 35.8. The van der Waals surface area contributed by atoms with Gasteiger partial charge in [-0.05, 0) is 0 Å². The van der Waals surface area contributed by atoms with E-state index in [1.165, 1.54) is 6.20 Å². The van der Waals surface area contributed by atoms with Crippen LogP contribution in [0.15, 0.2) is 15.8 Å². The number of rotatable bonds is 2. The van der Waals surface area contributed by atoms with Crippen molar-refractivity contribution in [2.75, 3.05) is 5.75 Å². The topological polar surface area (TPSA) is 158 Å². The van der Waals surface area contributed by atoms with Crippen LogP contribution in [-0.2, 0) is 4.79 Å². The first kappa shape index (κ1) is 14.0. The molecule has 0 aliphatic carbocycles. The second-order valence-corrected chi connectivity index (χ2v) is 3.56. The van der Waals surface area contributed by atoms with Crippen molar-refractivity contribution in [1.29, 1.82) is 0 Å². The molecule has 0 amide bonds. The monoisotopic (exact) mass is 273 g/mol. The first-order valence-corrected chi connectivity index (χ1v) is 5.34. The number of nitrogens with zero attached hydrogens (tertiary/aromatic N) is 1. The molecule has 0 saturated carbocycles. The number of H-pyrrole nitrogens is 3. The van der Waals surface area contributed by atoms with Crippen molar-refractivity contribution in [3.8, 4) is 0 Å². The normalized spacial score (nSPS) is 11.7. The van der Waals surface area contributed by atoms with E-state index in [-0.39, 0.29) is 5.75 Å². The third-order valence-electron chi connectivity index (χ3n) is 1.86. The minimum absolute atomic E-state index is 0.190. The summed E-state index contributed by atoms with van der Waals surface area (Å²) in [6.07, 6.45) is 1.35.